The Labute approximate surface area is 156 Å². The molecular weight excluding hydrogens is 344 g/mol. The minimum absolute atomic E-state index is 0.201. The minimum Gasteiger partial charge on any atom is -0.479 e. The number of hydrogen-bond acceptors (Lipinski definition) is 5. The molecule has 1 aliphatic carbocycles. The Hall–Kier alpha value is -3.08. The predicted molar refractivity (Wildman–Crippen MR) is 101 cm³/mol. The molecule has 5 nitrogen and oxygen atoms in total. The van der Waals surface area contributed by atoms with Gasteiger partial charge in [-0.2, -0.15) is 0 Å². The number of benzene rings is 2. The molecule has 1 aliphatic rings. The van der Waals surface area contributed by atoms with E-state index in [4.69, 9.17) is 13.9 Å². The first kappa shape index (κ1) is 17.3. The van der Waals surface area contributed by atoms with Gasteiger partial charge < -0.3 is 13.9 Å². The van der Waals surface area contributed by atoms with Gasteiger partial charge in [0.15, 0.2) is 6.10 Å². The van der Waals surface area contributed by atoms with Gasteiger partial charge in [0.1, 0.15) is 17.9 Å². The lowest BCUT2D eigenvalue weighted by molar-refractivity contribution is -0.152. The maximum atomic E-state index is 12.2. The third-order valence-electron chi connectivity index (χ3n) is 4.81. The van der Waals surface area contributed by atoms with Crippen molar-refractivity contribution in [3.05, 3.63) is 75.6 Å². The summed E-state index contributed by atoms with van der Waals surface area (Å²) in [6.45, 7) is 1.84. The zero-order valence-corrected chi connectivity index (χ0v) is 15.1. The SMILES string of the molecule is CC(Oc1ccc2c3c(c(=O)oc2c1)CCC3)C(=O)OCc1ccccc1. The molecule has 0 bridgehead atoms. The van der Waals surface area contributed by atoms with Crippen LogP contribution in [0.1, 0.15) is 30.0 Å². The number of ether oxygens (including phenoxy) is 2. The molecule has 0 spiro atoms. The van der Waals surface area contributed by atoms with Gasteiger partial charge in [0.25, 0.3) is 0 Å². The van der Waals surface area contributed by atoms with Crippen LogP contribution >= 0.6 is 0 Å². The first-order valence-electron chi connectivity index (χ1n) is 9.07. The van der Waals surface area contributed by atoms with Crippen molar-refractivity contribution in [3.63, 3.8) is 0 Å². The van der Waals surface area contributed by atoms with Crippen molar-refractivity contribution < 1.29 is 18.7 Å². The molecule has 0 saturated carbocycles. The normalized spacial score (nSPS) is 14.0. The molecule has 27 heavy (non-hydrogen) atoms. The van der Waals surface area contributed by atoms with E-state index in [1.165, 1.54) is 0 Å². The standard InChI is InChI=1S/C22H20O5/c1-14(21(23)25-13-15-6-3-2-4-7-15)26-16-10-11-18-17-8-5-9-19(17)22(24)27-20(18)12-16/h2-4,6-7,10-12,14H,5,8-9,13H2,1H3. The largest absolute Gasteiger partial charge is 0.479 e. The van der Waals surface area contributed by atoms with E-state index in [0.717, 1.165) is 41.3 Å². The number of fused-ring (bicyclic) bond motifs is 3. The maximum Gasteiger partial charge on any atom is 0.347 e. The number of carbonyl (C=O) groups excluding carboxylic acids is 1. The Morgan fingerprint density at radius 1 is 1.11 bits per heavy atom. The third-order valence-corrected chi connectivity index (χ3v) is 4.81. The van der Waals surface area contributed by atoms with Gasteiger partial charge in [0.2, 0.25) is 0 Å². The Kier molecular flexibility index (Phi) is 4.67. The van der Waals surface area contributed by atoms with Gasteiger partial charge in [-0.15, -0.1) is 0 Å². The highest BCUT2D eigenvalue weighted by Gasteiger charge is 2.21. The smallest absolute Gasteiger partial charge is 0.347 e. The molecule has 1 atom stereocenters. The summed E-state index contributed by atoms with van der Waals surface area (Å²) in [5.41, 5.74) is 2.99. The summed E-state index contributed by atoms with van der Waals surface area (Å²) in [5, 5.41) is 0.939. The summed E-state index contributed by atoms with van der Waals surface area (Å²) < 4.78 is 16.4. The van der Waals surface area contributed by atoms with Crippen LogP contribution in [0, 0.1) is 0 Å². The van der Waals surface area contributed by atoms with Crippen molar-refractivity contribution in [2.24, 2.45) is 0 Å². The molecule has 0 aliphatic heterocycles. The first-order chi connectivity index (χ1) is 13.1. The van der Waals surface area contributed by atoms with Crippen molar-refractivity contribution in [3.8, 4) is 5.75 Å². The van der Waals surface area contributed by atoms with Crippen LogP contribution < -0.4 is 10.4 Å². The monoisotopic (exact) mass is 364 g/mol. The van der Waals surface area contributed by atoms with Crippen LogP contribution in [0.2, 0.25) is 0 Å². The van der Waals surface area contributed by atoms with Gasteiger partial charge in [-0.25, -0.2) is 9.59 Å². The lowest BCUT2D eigenvalue weighted by atomic mass is 10.1. The van der Waals surface area contributed by atoms with E-state index in [-0.39, 0.29) is 12.2 Å². The van der Waals surface area contributed by atoms with E-state index in [2.05, 4.69) is 0 Å². The number of esters is 1. The highest BCUT2D eigenvalue weighted by Crippen LogP contribution is 2.29. The lowest BCUT2D eigenvalue weighted by Crippen LogP contribution is -2.26. The van der Waals surface area contributed by atoms with Gasteiger partial charge in [-0.1, -0.05) is 30.3 Å². The summed E-state index contributed by atoms with van der Waals surface area (Å²) in [7, 11) is 0. The van der Waals surface area contributed by atoms with Crippen LogP contribution in [0.3, 0.4) is 0 Å². The Balaban J connectivity index is 1.47. The van der Waals surface area contributed by atoms with Crippen LogP contribution in [0.25, 0.3) is 11.0 Å². The summed E-state index contributed by atoms with van der Waals surface area (Å²) >= 11 is 0. The molecule has 0 N–H and O–H groups in total. The number of rotatable bonds is 5. The van der Waals surface area contributed by atoms with E-state index in [0.29, 0.717) is 11.3 Å². The number of hydrogen-bond donors (Lipinski definition) is 0. The van der Waals surface area contributed by atoms with Crippen molar-refractivity contribution >= 4 is 16.9 Å². The Morgan fingerprint density at radius 3 is 2.70 bits per heavy atom. The fourth-order valence-corrected chi connectivity index (χ4v) is 3.44. The number of aryl methyl sites for hydroxylation is 1. The molecule has 3 aromatic rings. The summed E-state index contributed by atoms with van der Waals surface area (Å²) in [5.74, 6) is 0.0158. The van der Waals surface area contributed by atoms with Gasteiger partial charge in [-0.3, -0.25) is 0 Å². The summed E-state index contributed by atoms with van der Waals surface area (Å²) in [6, 6.07) is 14.8. The molecule has 4 rings (SSSR count). The molecule has 0 fully saturated rings. The van der Waals surface area contributed by atoms with Crippen LogP contribution in [0.5, 0.6) is 5.75 Å². The zero-order valence-electron chi connectivity index (χ0n) is 15.1. The molecule has 1 unspecified atom stereocenters. The van der Waals surface area contributed by atoms with Crippen molar-refractivity contribution in [1.29, 1.82) is 0 Å². The predicted octanol–water partition coefficient (Wildman–Crippen LogP) is 3.79. The second-order valence-electron chi connectivity index (χ2n) is 6.71. The molecule has 5 heteroatoms. The number of carbonyl (C=O) groups is 1. The second-order valence-corrected chi connectivity index (χ2v) is 6.71. The fraction of sp³-hybridized carbons (Fsp3) is 0.273. The van der Waals surface area contributed by atoms with Crippen molar-refractivity contribution in [1.82, 2.24) is 0 Å². The molecule has 1 heterocycles. The van der Waals surface area contributed by atoms with E-state index in [1.807, 2.05) is 36.4 Å². The van der Waals surface area contributed by atoms with Crippen LogP contribution in [0.4, 0.5) is 0 Å². The molecule has 2 aromatic carbocycles. The van der Waals surface area contributed by atoms with Gasteiger partial charge in [0, 0.05) is 17.0 Å². The molecule has 1 aromatic heterocycles. The first-order valence-corrected chi connectivity index (χ1v) is 9.07. The van der Waals surface area contributed by atoms with Crippen LogP contribution in [-0.2, 0) is 29.0 Å². The lowest BCUT2D eigenvalue weighted by Gasteiger charge is -2.14. The van der Waals surface area contributed by atoms with E-state index >= 15 is 0 Å². The maximum absolute atomic E-state index is 12.2. The van der Waals surface area contributed by atoms with Crippen molar-refractivity contribution in [2.45, 2.75) is 38.9 Å². The molecule has 0 radical (unpaired) electrons. The second kappa shape index (κ2) is 7.27. The fourth-order valence-electron chi connectivity index (χ4n) is 3.44. The van der Waals surface area contributed by atoms with Crippen LogP contribution in [-0.4, -0.2) is 12.1 Å². The highest BCUT2D eigenvalue weighted by molar-refractivity contribution is 5.83. The Bertz CT molecular complexity index is 1040. The molecule has 138 valence electrons. The van der Waals surface area contributed by atoms with E-state index < -0.39 is 12.1 Å². The van der Waals surface area contributed by atoms with Gasteiger partial charge >= 0.3 is 11.6 Å². The minimum atomic E-state index is -0.771. The summed E-state index contributed by atoms with van der Waals surface area (Å²) in [4.78, 5) is 24.3. The van der Waals surface area contributed by atoms with Gasteiger partial charge in [-0.05, 0) is 49.4 Å². The van der Waals surface area contributed by atoms with Crippen molar-refractivity contribution in [2.75, 3.05) is 0 Å². The van der Waals surface area contributed by atoms with E-state index in [9.17, 15) is 9.59 Å². The topological polar surface area (TPSA) is 65.7 Å². The van der Waals surface area contributed by atoms with E-state index in [1.54, 1.807) is 19.1 Å². The molecule has 0 amide bonds. The summed E-state index contributed by atoms with van der Waals surface area (Å²) in [6.07, 6.45) is 1.87. The third kappa shape index (κ3) is 3.58. The highest BCUT2D eigenvalue weighted by atomic mass is 16.6. The molecule has 0 saturated heterocycles. The van der Waals surface area contributed by atoms with Crippen LogP contribution in [0.15, 0.2) is 57.7 Å². The Morgan fingerprint density at radius 2 is 1.89 bits per heavy atom. The average Bonchev–Trinajstić information content (AvgIpc) is 3.17. The van der Waals surface area contributed by atoms with Gasteiger partial charge in [0.05, 0.1) is 0 Å². The average molecular weight is 364 g/mol. The molecular formula is C22H20O5. The quantitative estimate of drug-likeness (QED) is 0.509. The zero-order chi connectivity index (χ0) is 18.8.